The summed E-state index contributed by atoms with van der Waals surface area (Å²) in [5.41, 5.74) is 2.26. The summed E-state index contributed by atoms with van der Waals surface area (Å²) in [5, 5.41) is 12.7. The molecule has 0 saturated heterocycles. The lowest BCUT2D eigenvalue weighted by Crippen LogP contribution is -2.28. The smallest absolute Gasteiger partial charge is 0.192 e. The average molecular weight is 715 g/mol. The molecule has 0 fully saturated rings. The molecule has 0 spiro atoms. The first kappa shape index (κ1) is 32.5. The first-order valence-electron chi connectivity index (χ1n) is 16.4. The van der Waals surface area contributed by atoms with E-state index in [1.807, 2.05) is 12.1 Å². The van der Waals surface area contributed by atoms with Crippen molar-refractivity contribution < 1.29 is 9.13 Å². The van der Waals surface area contributed by atoms with Gasteiger partial charge in [-0.05, 0) is 92.5 Å². The number of benzene rings is 8. The van der Waals surface area contributed by atoms with Crippen LogP contribution in [0.4, 0.5) is 0 Å². The quantitative estimate of drug-likeness (QED) is 0.140. The van der Waals surface area contributed by atoms with Gasteiger partial charge in [0.2, 0.25) is 0 Å². The highest BCUT2D eigenvalue weighted by atomic mass is 31.1. The van der Waals surface area contributed by atoms with Crippen molar-refractivity contribution >= 4 is 96.7 Å². The largest absolute Gasteiger partial charge is 0.269 e. The van der Waals surface area contributed by atoms with Crippen molar-refractivity contribution in [2.24, 2.45) is 0 Å². The zero-order valence-electron chi connectivity index (χ0n) is 26.9. The summed E-state index contributed by atoms with van der Waals surface area (Å²) in [6.45, 7) is 0. The summed E-state index contributed by atoms with van der Waals surface area (Å²) in [5.74, 6) is 0. The van der Waals surface area contributed by atoms with Crippen molar-refractivity contribution in [3.05, 3.63) is 182 Å². The van der Waals surface area contributed by atoms with Crippen molar-refractivity contribution in [1.82, 2.24) is 0 Å². The Morgan fingerprint density at radius 3 is 0.860 bits per heavy atom. The summed E-state index contributed by atoms with van der Waals surface area (Å²) >= 11 is 0. The molecule has 0 aliphatic heterocycles. The zero-order chi connectivity index (χ0) is 33.9. The Morgan fingerprint density at radius 2 is 0.580 bits per heavy atom. The number of rotatable bonds is 9. The normalized spacial score (nSPS) is 11.6. The summed E-state index contributed by atoms with van der Waals surface area (Å²) in [6, 6.07) is 63.9. The topological polar surface area (TPSA) is 34.1 Å². The van der Waals surface area contributed by atoms with Crippen LogP contribution in [0.2, 0.25) is 0 Å². The molecule has 0 atom stereocenters. The fourth-order valence-corrected chi connectivity index (χ4v) is 13.0. The highest BCUT2D eigenvalue weighted by molar-refractivity contribution is 7.81. The standard InChI is InChI=1S/C44H30O2P4/c45-47-39-29-41(49(31-17-5-1-6-18-31)32-19-7-2-8-20-32)43(37-27-15-13-25-35(37)39)44-38-28-16-14-26-36(38)40(48-46)30-42(44)50(33-21-9-3-10-22-33)34-23-11-4-12-24-34/h1-30H. The molecule has 2 nitrogen and oxygen atoms in total. The third kappa shape index (κ3) is 6.05. The summed E-state index contributed by atoms with van der Waals surface area (Å²) in [6.07, 6.45) is 0. The Balaban J connectivity index is 1.60. The lowest BCUT2D eigenvalue weighted by Gasteiger charge is -2.29. The Kier molecular flexibility index (Phi) is 9.55. The first-order valence-corrected chi connectivity index (χ1v) is 20.7. The van der Waals surface area contributed by atoms with Gasteiger partial charge in [0.05, 0.1) is 10.6 Å². The van der Waals surface area contributed by atoms with Gasteiger partial charge in [0.1, 0.15) is 0 Å². The third-order valence-electron chi connectivity index (χ3n) is 8.99. The van der Waals surface area contributed by atoms with Crippen LogP contribution in [0.25, 0.3) is 32.7 Å². The Hall–Kier alpha value is -4.66. The first-order chi connectivity index (χ1) is 24.8. The van der Waals surface area contributed by atoms with Crippen LogP contribution in [0.3, 0.4) is 0 Å². The van der Waals surface area contributed by atoms with Crippen molar-refractivity contribution in [2.75, 3.05) is 0 Å². The van der Waals surface area contributed by atoms with Gasteiger partial charge < -0.3 is 0 Å². The lowest BCUT2D eigenvalue weighted by molar-refractivity contribution is 0.602. The van der Waals surface area contributed by atoms with Crippen LogP contribution in [0, 0.1) is 0 Å². The molecule has 8 rings (SSSR count). The zero-order valence-corrected chi connectivity index (χ0v) is 30.5. The number of hydrogen-bond acceptors (Lipinski definition) is 2. The van der Waals surface area contributed by atoms with E-state index in [-0.39, 0.29) is 16.9 Å². The average Bonchev–Trinajstić information content (AvgIpc) is 3.19. The van der Waals surface area contributed by atoms with E-state index in [0.29, 0.717) is 0 Å². The van der Waals surface area contributed by atoms with Gasteiger partial charge in [0, 0.05) is 0 Å². The van der Waals surface area contributed by atoms with E-state index < -0.39 is 15.8 Å². The molecule has 0 N–H and O–H groups in total. The second-order valence-electron chi connectivity index (χ2n) is 11.9. The fraction of sp³-hybridized carbons (Fsp3) is 0. The molecule has 0 unspecified atom stereocenters. The SMILES string of the molecule is O=Pc1cc(P(c2ccccc2)c2ccccc2)c(-c2c(P(c3ccccc3)c3ccccc3)cc(P=O)c3ccccc23)c2ccccc12. The summed E-state index contributed by atoms with van der Waals surface area (Å²) < 4.78 is 26.1. The van der Waals surface area contributed by atoms with Gasteiger partial charge in [-0.25, -0.2) is 0 Å². The Labute approximate surface area is 297 Å². The van der Waals surface area contributed by atoms with Gasteiger partial charge in [-0.1, -0.05) is 170 Å². The monoisotopic (exact) mass is 714 g/mol. The lowest BCUT2D eigenvalue weighted by atomic mass is 9.93. The molecule has 6 heteroatoms. The van der Waals surface area contributed by atoms with Crippen LogP contribution in [0.1, 0.15) is 0 Å². The van der Waals surface area contributed by atoms with Gasteiger partial charge in [-0.3, -0.25) is 9.13 Å². The highest BCUT2D eigenvalue weighted by Crippen LogP contribution is 2.45. The van der Waals surface area contributed by atoms with E-state index in [1.165, 1.54) is 21.2 Å². The minimum Gasteiger partial charge on any atom is -0.269 e. The molecular weight excluding hydrogens is 684 g/mol. The molecule has 238 valence electrons. The van der Waals surface area contributed by atoms with Crippen LogP contribution < -0.4 is 42.4 Å². The van der Waals surface area contributed by atoms with Crippen molar-refractivity contribution in [3.63, 3.8) is 0 Å². The molecule has 50 heavy (non-hydrogen) atoms. The van der Waals surface area contributed by atoms with Crippen LogP contribution in [0.5, 0.6) is 0 Å². The molecule has 0 bridgehead atoms. The number of hydrogen-bond donors (Lipinski definition) is 0. The van der Waals surface area contributed by atoms with Crippen LogP contribution in [0.15, 0.2) is 182 Å². The van der Waals surface area contributed by atoms with Gasteiger partial charge in [-0.15, -0.1) is 0 Å². The van der Waals surface area contributed by atoms with Crippen LogP contribution >= 0.6 is 32.8 Å². The van der Waals surface area contributed by atoms with Crippen LogP contribution in [-0.4, -0.2) is 0 Å². The predicted molar refractivity (Wildman–Crippen MR) is 219 cm³/mol. The number of fused-ring (bicyclic) bond motifs is 2. The van der Waals surface area contributed by atoms with Crippen molar-refractivity contribution in [3.8, 4) is 11.1 Å². The molecule has 8 aromatic rings. The third-order valence-corrected chi connectivity index (χ3v) is 15.1. The van der Waals surface area contributed by atoms with Crippen molar-refractivity contribution in [2.45, 2.75) is 0 Å². The van der Waals surface area contributed by atoms with Gasteiger partial charge >= 0.3 is 0 Å². The molecule has 0 aliphatic rings. The molecule has 0 radical (unpaired) electrons. The van der Waals surface area contributed by atoms with E-state index >= 15 is 0 Å². The molecule has 0 saturated carbocycles. The predicted octanol–water partition coefficient (Wildman–Crippen LogP) is 9.01. The molecule has 0 aromatic heterocycles. The van der Waals surface area contributed by atoms with Crippen molar-refractivity contribution in [1.29, 1.82) is 0 Å². The Morgan fingerprint density at radius 1 is 0.320 bits per heavy atom. The molecule has 8 aromatic carbocycles. The van der Waals surface area contributed by atoms with Crippen LogP contribution in [-0.2, 0) is 9.13 Å². The second-order valence-corrected chi connectivity index (χ2v) is 17.6. The molecule has 0 amide bonds. The maximum absolute atomic E-state index is 13.0. The molecule has 0 aliphatic carbocycles. The fourth-order valence-electron chi connectivity index (χ4n) is 6.88. The van der Waals surface area contributed by atoms with E-state index in [4.69, 9.17) is 0 Å². The minimum atomic E-state index is -1.09. The van der Waals surface area contributed by atoms with E-state index in [2.05, 4.69) is 170 Å². The van der Waals surface area contributed by atoms with Gasteiger partial charge in [-0.2, -0.15) is 0 Å². The molecule has 0 heterocycles. The van der Waals surface area contributed by atoms with E-state index in [0.717, 1.165) is 53.9 Å². The molecular formula is C44H30O2P4. The van der Waals surface area contributed by atoms with Gasteiger partial charge in [0.25, 0.3) is 0 Å². The minimum absolute atomic E-state index is 0.0244. The van der Waals surface area contributed by atoms with Gasteiger partial charge in [0.15, 0.2) is 16.9 Å². The summed E-state index contributed by atoms with van der Waals surface area (Å²) in [4.78, 5) is 0. The Bertz CT molecular complexity index is 2220. The van der Waals surface area contributed by atoms with E-state index in [1.54, 1.807) is 0 Å². The maximum atomic E-state index is 13.0. The second kappa shape index (κ2) is 14.7. The summed E-state index contributed by atoms with van der Waals surface area (Å²) in [7, 11) is -2.23. The maximum Gasteiger partial charge on any atom is 0.192 e. The van der Waals surface area contributed by atoms with E-state index in [9.17, 15) is 9.13 Å². The highest BCUT2D eigenvalue weighted by Gasteiger charge is 2.30.